The molecule has 0 saturated heterocycles. The summed E-state index contributed by atoms with van der Waals surface area (Å²) < 4.78 is 2.61. The van der Waals surface area contributed by atoms with Crippen molar-refractivity contribution < 1.29 is 0 Å². The lowest BCUT2D eigenvalue weighted by Crippen LogP contribution is -2.72. The standard InChI is InChI=1S/C58H38N2SSi/c1-5-18-39(19-6-1)42-34-43(41-32-33-54-50(37-41)47-26-13-15-29-53(47)61-54)36-44(35-42)51-38-52(60-58(59-51)40-20-7-2-8-21-40)48-28-17-31-56-57(48)49-27-14-16-30-55(49)62(56,45-22-9-3-10-23-45)46-24-11-4-12-25-46/h1-38H. The smallest absolute Gasteiger partial charge is 0.180 e. The summed E-state index contributed by atoms with van der Waals surface area (Å²) in [6, 6.07) is 84.3. The van der Waals surface area contributed by atoms with Crippen molar-refractivity contribution in [2.45, 2.75) is 0 Å². The second kappa shape index (κ2) is 14.9. The highest BCUT2D eigenvalue weighted by Crippen LogP contribution is 2.41. The Morgan fingerprint density at radius 1 is 0.323 bits per heavy atom. The van der Waals surface area contributed by atoms with Gasteiger partial charge in [0.15, 0.2) is 13.9 Å². The van der Waals surface area contributed by atoms with Crippen LogP contribution in [0, 0.1) is 0 Å². The fourth-order valence-corrected chi connectivity index (χ4v) is 16.1. The van der Waals surface area contributed by atoms with Gasteiger partial charge in [-0.2, -0.15) is 0 Å². The summed E-state index contributed by atoms with van der Waals surface area (Å²) in [6.07, 6.45) is 0. The van der Waals surface area contributed by atoms with E-state index in [9.17, 15) is 0 Å². The van der Waals surface area contributed by atoms with Crippen molar-refractivity contribution in [3.05, 3.63) is 231 Å². The Hall–Kier alpha value is -7.50. The van der Waals surface area contributed by atoms with E-state index in [0.717, 1.165) is 44.8 Å². The van der Waals surface area contributed by atoms with Crippen LogP contribution >= 0.6 is 11.3 Å². The van der Waals surface area contributed by atoms with E-state index in [2.05, 4.69) is 231 Å². The molecule has 12 rings (SSSR count). The van der Waals surface area contributed by atoms with Crippen molar-refractivity contribution in [2.24, 2.45) is 0 Å². The highest BCUT2D eigenvalue weighted by atomic mass is 32.1. The van der Waals surface area contributed by atoms with Gasteiger partial charge in [0, 0.05) is 36.9 Å². The lowest BCUT2D eigenvalue weighted by Gasteiger charge is -2.31. The van der Waals surface area contributed by atoms with E-state index in [1.54, 1.807) is 0 Å². The normalized spacial score (nSPS) is 12.6. The van der Waals surface area contributed by atoms with Gasteiger partial charge in [-0.25, -0.2) is 9.97 Å². The molecule has 0 N–H and O–H groups in total. The molecule has 0 unspecified atom stereocenters. The number of hydrogen-bond donors (Lipinski definition) is 0. The van der Waals surface area contributed by atoms with Gasteiger partial charge >= 0.3 is 0 Å². The maximum atomic E-state index is 5.47. The van der Waals surface area contributed by atoms with Crippen LogP contribution < -0.4 is 20.7 Å². The average Bonchev–Trinajstić information content (AvgIpc) is 3.88. The van der Waals surface area contributed by atoms with Crippen LogP contribution in [-0.2, 0) is 0 Å². The van der Waals surface area contributed by atoms with Crippen molar-refractivity contribution >= 4 is 60.3 Å². The monoisotopic (exact) mass is 822 g/mol. The lowest BCUT2D eigenvalue weighted by molar-refractivity contribution is 1.18. The molecule has 1 aliphatic heterocycles. The molecule has 3 heterocycles. The molecule has 2 nitrogen and oxygen atoms in total. The van der Waals surface area contributed by atoms with Crippen molar-refractivity contribution in [3.63, 3.8) is 0 Å². The molecule has 9 aromatic carbocycles. The Morgan fingerprint density at radius 2 is 0.871 bits per heavy atom. The van der Waals surface area contributed by atoms with E-state index in [4.69, 9.17) is 9.97 Å². The summed E-state index contributed by atoms with van der Waals surface area (Å²) in [5, 5.41) is 8.14. The Morgan fingerprint density at radius 3 is 1.61 bits per heavy atom. The largest absolute Gasteiger partial charge is 0.228 e. The van der Waals surface area contributed by atoms with E-state index in [1.807, 2.05) is 11.3 Å². The minimum Gasteiger partial charge on any atom is -0.228 e. The van der Waals surface area contributed by atoms with Crippen LogP contribution in [0.4, 0.5) is 0 Å². The maximum Gasteiger partial charge on any atom is 0.180 e. The van der Waals surface area contributed by atoms with E-state index in [0.29, 0.717) is 5.82 Å². The maximum absolute atomic E-state index is 5.47. The van der Waals surface area contributed by atoms with Crippen LogP contribution in [0.15, 0.2) is 231 Å². The van der Waals surface area contributed by atoms with E-state index in [1.165, 1.54) is 57.6 Å². The molecule has 2 aromatic heterocycles. The molecule has 0 spiro atoms. The first kappa shape index (κ1) is 36.4. The van der Waals surface area contributed by atoms with E-state index in [-0.39, 0.29) is 0 Å². The number of benzene rings is 9. The van der Waals surface area contributed by atoms with Gasteiger partial charge in [-0.1, -0.05) is 188 Å². The lowest BCUT2D eigenvalue weighted by atomic mass is 9.93. The highest BCUT2D eigenvalue weighted by Gasteiger charge is 2.49. The summed E-state index contributed by atoms with van der Waals surface area (Å²) in [6.45, 7) is 0. The first-order valence-electron chi connectivity index (χ1n) is 21.1. The van der Waals surface area contributed by atoms with Gasteiger partial charge in [0.05, 0.1) is 11.4 Å². The molecule has 0 amide bonds. The van der Waals surface area contributed by atoms with Crippen molar-refractivity contribution in [1.82, 2.24) is 9.97 Å². The third kappa shape index (κ3) is 5.91. The molecule has 0 bridgehead atoms. The van der Waals surface area contributed by atoms with Gasteiger partial charge in [-0.15, -0.1) is 11.3 Å². The molecular formula is C58H38N2SSi. The molecule has 62 heavy (non-hydrogen) atoms. The number of aromatic nitrogens is 2. The summed E-state index contributed by atoms with van der Waals surface area (Å²) in [5.41, 5.74) is 12.1. The fourth-order valence-electron chi connectivity index (χ4n) is 9.80. The van der Waals surface area contributed by atoms with Gasteiger partial charge in [-0.3, -0.25) is 0 Å². The first-order chi connectivity index (χ1) is 30.7. The molecular weight excluding hydrogens is 785 g/mol. The zero-order chi connectivity index (χ0) is 41.0. The van der Waals surface area contributed by atoms with Crippen LogP contribution in [0.25, 0.3) is 87.5 Å². The topological polar surface area (TPSA) is 25.8 Å². The van der Waals surface area contributed by atoms with Crippen molar-refractivity contribution in [3.8, 4) is 67.3 Å². The molecule has 4 heteroatoms. The predicted octanol–water partition coefficient (Wildman–Crippen LogP) is 12.5. The average molecular weight is 823 g/mol. The van der Waals surface area contributed by atoms with E-state index >= 15 is 0 Å². The quantitative estimate of drug-likeness (QED) is 0.150. The zero-order valence-corrected chi connectivity index (χ0v) is 35.6. The summed E-state index contributed by atoms with van der Waals surface area (Å²) >= 11 is 1.85. The number of thiophene rings is 1. The third-order valence-corrected chi connectivity index (χ3v) is 18.6. The Bertz CT molecular complexity index is 3420. The Balaban J connectivity index is 1.11. The summed E-state index contributed by atoms with van der Waals surface area (Å²) in [5.74, 6) is 0.703. The number of hydrogen-bond acceptors (Lipinski definition) is 3. The minimum absolute atomic E-state index is 0.703. The molecule has 0 saturated carbocycles. The first-order valence-corrected chi connectivity index (χ1v) is 24.0. The molecule has 11 aromatic rings. The molecule has 0 fully saturated rings. The molecule has 290 valence electrons. The molecule has 0 radical (unpaired) electrons. The van der Waals surface area contributed by atoms with E-state index < -0.39 is 8.07 Å². The van der Waals surface area contributed by atoms with Gasteiger partial charge in [0.2, 0.25) is 0 Å². The van der Waals surface area contributed by atoms with Gasteiger partial charge in [0.1, 0.15) is 0 Å². The second-order valence-corrected chi connectivity index (χ2v) is 20.9. The van der Waals surface area contributed by atoms with Crippen LogP contribution in [-0.4, -0.2) is 18.0 Å². The van der Waals surface area contributed by atoms with Crippen LogP contribution in [0.3, 0.4) is 0 Å². The van der Waals surface area contributed by atoms with Gasteiger partial charge in [-0.05, 0) is 96.6 Å². The summed E-state index contributed by atoms with van der Waals surface area (Å²) in [4.78, 5) is 10.9. The molecule has 1 aliphatic rings. The fraction of sp³-hybridized carbons (Fsp3) is 0. The minimum atomic E-state index is -2.71. The predicted molar refractivity (Wildman–Crippen MR) is 265 cm³/mol. The van der Waals surface area contributed by atoms with Gasteiger partial charge < -0.3 is 0 Å². The number of fused-ring (bicyclic) bond motifs is 6. The highest BCUT2D eigenvalue weighted by molar-refractivity contribution is 7.25. The number of rotatable bonds is 7. The number of nitrogens with zero attached hydrogens (tertiary/aromatic N) is 2. The van der Waals surface area contributed by atoms with Crippen LogP contribution in [0.5, 0.6) is 0 Å². The molecule has 0 aliphatic carbocycles. The Kier molecular flexibility index (Phi) is 8.73. The third-order valence-electron chi connectivity index (χ3n) is 12.6. The SMILES string of the molecule is c1ccc(-c2cc(-c3ccc4sc5ccccc5c4c3)cc(-c3cc(-c4cccc5c4-c4ccccc4[Si]5(c4ccccc4)c4ccccc4)nc(-c4ccccc4)n3)c2)cc1. The van der Waals surface area contributed by atoms with Crippen molar-refractivity contribution in [2.75, 3.05) is 0 Å². The second-order valence-electron chi connectivity index (χ2n) is 16.1. The van der Waals surface area contributed by atoms with Crippen molar-refractivity contribution in [1.29, 1.82) is 0 Å². The molecule has 0 atom stereocenters. The van der Waals surface area contributed by atoms with Crippen LogP contribution in [0.2, 0.25) is 0 Å². The zero-order valence-electron chi connectivity index (χ0n) is 33.7. The Labute approximate surface area is 366 Å². The summed E-state index contributed by atoms with van der Waals surface area (Å²) in [7, 11) is -2.71. The van der Waals surface area contributed by atoms with Crippen LogP contribution in [0.1, 0.15) is 0 Å². The van der Waals surface area contributed by atoms with Gasteiger partial charge in [0.25, 0.3) is 0 Å².